The maximum absolute atomic E-state index is 13.9. The SMILES string of the molecule is CC(=O)Nc1ccc(C(=O)CSc2nnc(COc3ccccc3F)n2-c2ccccc2)cc1. The van der Waals surface area contributed by atoms with Gasteiger partial charge in [-0.05, 0) is 48.5 Å². The van der Waals surface area contributed by atoms with Gasteiger partial charge in [-0.15, -0.1) is 10.2 Å². The van der Waals surface area contributed by atoms with Crippen LogP contribution in [-0.4, -0.2) is 32.2 Å². The van der Waals surface area contributed by atoms with Gasteiger partial charge in [-0.1, -0.05) is 42.1 Å². The van der Waals surface area contributed by atoms with Gasteiger partial charge in [0.05, 0.1) is 5.75 Å². The van der Waals surface area contributed by atoms with Crippen LogP contribution in [0.3, 0.4) is 0 Å². The molecule has 34 heavy (non-hydrogen) atoms. The van der Waals surface area contributed by atoms with E-state index in [1.165, 1.54) is 24.8 Å². The van der Waals surface area contributed by atoms with Crippen molar-refractivity contribution in [3.63, 3.8) is 0 Å². The van der Waals surface area contributed by atoms with Crippen LogP contribution in [0.5, 0.6) is 5.75 Å². The van der Waals surface area contributed by atoms with E-state index in [9.17, 15) is 14.0 Å². The molecule has 4 rings (SSSR count). The Morgan fingerprint density at radius 3 is 2.38 bits per heavy atom. The molecule has 1 heterocycles. The van der Waals surface area contributed by atoms with E-state index in [-0.39, 0.29) is 29.8 Å². The Balaban J connectivity index is 1.50. The van der Waals surface area contributed by atoms with E-state index in [1.54, 1.807) is 47.0 Å². The van der Waals surface area contributed by atoms with Gasteiger partial charge < -0.3 is 10.1 Å². The van der Waals surface area contributed by atoms with E-state index >= 15 is 0 Å². The van der Waals surface area contributed by atoms with Gasteiger partial charge in [0.2, 0.25) is 5.91 Å². The summed E-state index contributed by atoms with van der Waals surface area (Å²) in [4.78, 5) is 23.9. The molecule has 1 aromatic heterocycles. The highest BCUT2D eigenvalue weighted by atomic mass is 32.2. The number of para-hydroxylation sites is 2. The van der Waals surface area contributed by atoms with Crippen LogP contribution < -0.4 is 10.1 Å². The molecule has 0 bridgehead atoms. The van der Waals surface area contributed by atoms with Crippen LogP contribution in [0.1, 0.15) is 23.1 Å². The molecular formula is C25H21FN4O3S. The average Bonchev–Trinajstić information content (AvgIpc) is 3.25. The van der Waals surface area contributed by atoms with Gasteiger partial charge in [-0.2, -0.15) is 0 Å². The molecule has 0 fully saturated rings. The highest BCUT2D eigenvalue weighted by Crippen LogP contribution is 2.25. The van der Waals surface area contributed by atoms with Gasteiger partial charge in [0, 0.05) is 23.9 Å². The quantitative estimate of drug-likeness (QED) is 0.273. The van der Waals surface area contributed by atoms with Crippen molar-refractivity contribution in [2.75, 3.05) is 11.1 Å². The summed E-state index contributed by atoms with van der Waals surface area (Å²) in [5, 5.41) is 11.6. The predicted octanol–water partition coefficient (Wildman–Crippen LogP) is 4.92. The maximum atomic E-state index is 13.9. The monoisotopic (exact) mass is 476 g/mol. The number of hydrogen-bond donors (Lipinski definition) is 1. The highest BCUT2D eigenvalue weighted by Gasteiger charge is 2.17. The molecule has 9 heteroatoms. The molecule has 0 aliphatic carbocycles. The van der Waals surface area contributed by atoms with Gasteiger partial charge in [0.1, 0.15) is 6.61 Å². The number of amides is 1. The van der Waals surface area contributed by atoms with Crippen LogP contribution >= 0.6 is 11.8 Å². The molecule has 7 nitrogen and oxygen atoms in total. The minimum absolute atomic E-state index is 0.00193. The van der Waals surface area contributed by atoms with E-state index < -0.39 is 5.82 Å². The molecule has 0 saturated carbocycles. The number of nitrogens with one attached hydrogen (secondary N) is 1. The van der Waals surface area contributed by atoms with Crippen molar-refractivity contribution in [2.45, 2.75) is 18.7 Å². The number of nitrogens with zero attached hydrogens (tertiary/aromatic N) is 3. The standard InChI is InChI=1S/C25H21FN4O3S/c1-17(31)27-19-13-11-18(12-14-19)22(32)16-34-25-29-28-24(30(25)20-7-3-2-4-8-20)15-33-23-10-6-5-9-21(23)26/h2-14H,15-16H2,1H3,(H,27,31). The third-order valence-electron chi connectivity index (χ3n) is 4.77. The van der Waals surface area contributed by atoms with Crippen LogP contribution in [0.2, 0.25) is 0 Å². The third-order valence-corrected chi connectivity index (χ3v) is 5.70. The van der Waals surface area contributed by atoms with Gasteiger partial charge >= 0.3 is 0 Å². The Morgan fingerprint density at radius 1 is 0.971 bits per heavy atom. The lowest BCUT2D eigenvalue weighted by Crippen LogP contribution is -2.09. The fourth-order valence-electron chi connectivity index (χ4n) is 3.18. The molecule has 0 aliphatic rings. The summed E-state index contributed by atoms with van der Waals surface area (Å²) in [6, 6.07) is 22.3. The van der Waals surface area contributed by atoms with Gasteiger partial charge in [0.25, 0.3) is 0 Å². The summed E-state index contributed by atoms with van der Waals surface area (Å²) in [7, 11) is 0. The van der Waals surface area contributed by atoms with Crippen molar-refractivity contribution in [3.8, 4) is 11.4 Å². The van der Waals surface area contributed by atoms with Crippen molar-refractivity contribution in [2.24, 2.45) is 0 Å². The maximum Gasteiger partial charge on any atom is 0.221 e. The number of halogens is 1. The zero-order chi connectivity index (χ0) is 23.9. The molecule has 0 aliphatic heterocycles. The lowest BCUT2D eigenvalue weighted by atomic mass is 10.1. The zero-order valence-electron chi connectivity index (χ0n) is 18.3. The van der Waals surface area contributed by atoms with Crippen molar-refractivity contribution < 1.29 is 18.7 Å². The number of ketones is 1. The Bertz CT molecular complexity index is 1290. The Kier molecular flexibility index (Phi) is 7.34. The molecule has 0 radical (unpaired) electrons. The number of anilines is 1. The number of thioether (sulfide) groups is 1. The van der Waals surface area contributed by atoms with Crippen molar-refractivity contribution >= 4 is 29.1 Å². The largest absolute Gasteiger partial charge is 0.483 e. The Morgan fingerprint density at radius 2 is 1.68 bits per heavy atom. The first-order chi connectivity index (χ1) is 16.5. The van der Waals surface area contributed by atoms with E-state index in [2.05, 4.69) is 15.5 Å². The van der Waals surface area contributed by atoms with Crippen molar-refractivity contribution in [1.29, 1.82) is 0 Å². The summed E-state index contributed by atoms with van der Waals surface area (Å²) in [5.74, 6) is 0.00795. The molecule has 3 aromatic carbocycles. The first-order valence-corrected chi connectivity index (χ1v) is 11.4. The Hall–Kier alpha value is -3.98. The van der Waals surface area contributed by atoms with Gasteiger partial charge in [0.15, 0.2) is 28.3 Å². The molecule has 0 atom stereocenters. The fourth-order valence-corrected chi connectivity index (χ4v) is 4.05. The number of rotatable bonds is 9. The number of carbonyl (C=O) groups excluding carboxylic acids is 2. The average molecular weight is 477 g/mol. The summed E-state index contributed by atoms with van der Waals surface area (Å²) in [5.41, 5.74) is 1.95. The van der Waals surface area contributed by atoms with Gasteiger partial charge in [-0.25, -0.2) is 4.39 Å². The second-order valence-corrected chi connectivity index (χ2v) is 8.20. The van der Waals surface area contributed by atoms with Crippen LogP contribution in [0, 0.1) is 5.82 Å². The molecule has 1 N–H and O–H groups in total. The molecule has 0 spiro atoms. The minimum Gasteiger partial charge on any atom is -0.483 e. The number of carbonyl (C=O) groups is 2. The zero-order valence-corrected chi connectivity index (χ0v) is 19.1. The molecule has 4 aromatic rings. The third kappa shape index (κ3) is 5.68. The summed E-state index contributed by atoms with van der Waals surface area (Å²) < 4.78 is 21.4. The minimum atomic E-state index is -0.460. The Labute approximate surface area is 200 Å². The first-order valence-electron chi connectivity index (χ1n) is 10.4. The summed E-state index contributed by atoms with van der Waals surface area (Å²) in [6.45, 7) is 1.43. The smallest absolute Gasteiger partial charge is 0.221 e. The predicted molar refractivity (Wildman–Crippen MR) is 128 cm³/mol. The van der Waals surface area contributed by atoms with Crippen LogP contribution in [0.15, 0.2) is 84.0 Å². The van der Waals surface area contributed by atoms with Crippen LogP contribution in [0.4, 0.5) is 10.1 Å². The van der Waals surface area contributed by atoms with Crippen LogP contribution in [0.25, 0.3) is 5.69 Å². The number of benzene rings is 3. The summed E-state index contributed by atoms with van der Waals surface area (Å²) in [6.07, 6.45) is 0. The molecule has 0 unspecified atom stereocenters. The van der Waals surface area contributed by atoms with E-state index in [1.807, 2.05) is 30.3 Å². The lowest BCUT2D eigenvalue weighted by molar-refractivity contribution is -0.114. The number of ether oxygens (including phenoxy) is 1. The molecule has 172 valence electrons. The first kappa shape index (κ1) is 23.2. The van der Waals surface area contributed by atoms with Crippen molar-refractivity contribution in [1.82, 2.24) is 14.8 Å². The molecular weight excluding hydrogens is 455 g/mol. The second-order valence-electron chi connectivity index (χ2n) is 7.26. The number of Topliss-reactive ketones (excluding diaryl/α,β-unsaturated/α-hetero) is 1. The lowest BCUT2D eigenvalue weighted by Gasteiger charge is -2.11. The topological polar surface area (TPSA) is 86.1 Å². The second kappa shape index (κ2) is 10.8. The van der Waals surface area contributed by atoms with Crippen LogP contribution in [-0.2, 0) is 11.4 Å². The van der Waals surface area contributed by atoms with Crippen molar-refractivity contribution in [3.05, 3.63) is 96.1 Å². The molecule has 0 saturated heterocycles. The fraction of sp³-hybridized carbons (Fsp3) is 0.120. The van der Waals surface area contributed by atoms with Gasteiger partial charge in [-0.3, -0.25) is 14.2 Å². The summed E-state index contributed by atoms with van der Waals surface area (Å²) >= 11 is 1.25. The van der Waals surface area contributed by atoms with E-state index in [4.69, 9.17) is 4.74 Å². The van der Waals surface area contributed by atoms with E-state index in [0.29, 0.717) is 22.2 Å². The number of aromatic nitrogens is 3. The highest BCUT2D eigenvalue weighted by molar-refractivity contribution is 7.99. The molecule has 1 amide bonds. The number of hydrogen-bond acceptors (Lipinski definition) is 6. The normalized spacial score (nSPS) is 10.6. The van der Waals surface area contributed by atoms with E-state index in [0.717, 1.165) is 5.69 Å².